The van der Waals surface area contributed by atoms with Gasteiger partial charge >= 0.3 is 0 Å². The number of nitrogens with one attached hydrogen (secondary N) is 1. The zero-order chi connectivity index (χ0) is 11.7. The van der Waals surface area contributed by atoms with Crippen LogP contribution in [0.5, 0.6) is 0 Å². The molecule has 3 heterocycles. The Balaban J connectivity index is 1.86. The number of nitrogens with zero attached hydrogens (tertiary/aromatic N) is 3. The molecule has 0 radical (unpaired) electrons. The van der Waals surface area contributed by atoms with E-state index in [1.165, 1.54) is 24.8 Å². The maximum Gasteiger partial charge on any atom is 0.160 e. The number of piperidine rings is 1. The van der Waals surface area contributed by atoms with Crippen molar-refractivity contribution in [1.82, 2.24) is 19.9 Å². The smallest absolute Gasteiger partial charge is 0.160 e. The minimum absolute atomic E-state index is 0.566. The maximum absolute atomic E-state index is 4.30. The van der Waals surface area contributed by atoms with Crippen LogP contribution in [0.15, 0.2) is 18.3 Å². The number of aromatic nitrogens is 3. The molecule has 0 spiro atoms. The van der Waals surface area contributed by atoms with Crippen molar-refractivity contribution in [2.45, 2.75) is 38.6 Å². The van der Waals surface area contributed by atoms with Crippen LogP contribution in [0.25, 0.3) is 5.65 Å². The number of aryl methyl sites for hydroxylation is 1. The number of pyridine rings is 1. The third-order valence-electron chi connectivity index (χ3n) is 3.46. The third-order valence-corrected chi connectivity index (χ3v) is 3.46. The van der Waals surface area contributed by atoms with Gasteiger partial charge in [0.1, 0.15) is 5.82 Å². The lowest BCUT2D eigenvalue weighted by Crippen LogP contribution is -2.36. The lowest BCUT2D eigenvalue weighted by molar-refractivity contribution is 0.393. The molecule has 2 aromatic rings. The highest BCUT2D eigenvalue weighted by Gasteiger charge is 2.16. The normalized spacial score (nSPS) is 20.9. The molecule has 1 saturated heterocycles. The molecular formula is C13H18N4. The number of hydrogen-bond donors (Lipinski definition) is 1. The van der Waals surface area contributed by atoms with Crippen molar-refractivity contribution in [3.05, 3.63) is 29.7 Å². The van der Waals surface area contributed by atoms with E-state index >= 15 is 0 Å². The fourth-order valence-corrected chi connectivity index (χ4v) is 2.50. The fraction of sp³-hybridized carbons (Fsp3) is 0.538. The minimum Gasteiger partial charge on any atom is -0.314 e. The first-order valence-corrected chi connectivity index (χ1v) is 6.36. The fourth-order valence-electron chi connectivity index (χ4n) is 2.50. The molecule has 0 bridgehead atoms. The van der Waals surface area contributed by atoms with Gasteiger partial charge in [-0.25, -0.2) is 0 Å². The van der Waals surface area contributed by atoms with Crippen molar-refractivity contribution >= 4 is 5.65 Å². The Kier molecular flexibility index (Phi) is 2.81. The Morgan fingerprint density at radius 2 is 2.29 bits per heavy atom. The molecule has 1 unspecified atom stereocenters. The van der Waals surface area contributed by atoms with Gasteiger partial charge in [-0.2, -0.15) is 0 Å². The molecule has 1 atom stereocenters. The molecule has 3 rings (SSSR count). The standard InChI is InChI=1S/C13H18N4/c1-10-5-6-12-15-16-13(17(12)9-10)8-11-4-2-3-7-14-11/h5-6,9,11,14H,2-4,7-8H2,1H3. The summed E-state index contributed by atoms with van der Waals surface area (Å²) in [6.07, 6.45) is 6.97. The van der Waals surface area contributed by atoms with Crippen molar-refractivity contribution in [3.63, 3.8) is 0 Å². The first kappa shape index (κ1) is 10.7. The molecule has 90 valence electrons. The van der Waals surface area contributed by atoms with Gasteiger partial charge in [0.15, 0.2) is 5.65 Å². The quantitative estimate of drug-likeness (QED) is 0.854. The van der Waals surface area contributed by atoms with Crippen molar-refractivity contribution in [1.29, 1.82) is 0 Å². The topological polar surface area (TPSA) is 42.2 Å². The summed E-state index contributed by atoms with van der Waals surface area (Å²) >= 11 is 0. The summed E-state index contributed by atoms with van der Waals surface area (Å²) < 4.78 is 2.12. The molecule has 4 heteroatoms. The van der Waals surface area contributed by atoms with E-state index in [4.69, 9.17) is 0 Å². The summed E-state index contributed by atoms with van der Waals surface area (Å²) in [5.74, 6) is 1.07. The summed E-state index contributed by atoms with van der Waals surface area (Å²) in [5, 5.41) is 12.1. The Morgan fingerprint density at radius 1 is 1.35 bits per heavy atom. The van der Waals surface area contributed by atoms with E-state index in [9.17, 15) is 0 Å². The molecule has 1 aliphatic rings. The Morgan fingerprint density at radius 3 is 3.12 bits per heavy atom. The summed E-state index contributed by atoms with van der Waals surface area (Å²) in [6.45, 7) is 3.24. The van der Waals surface area contributed by atoms with E-state index < -0.39 is 0 Å². The van der Waals surface area contributed by atoms with Gasteiger partial charge in [-0.05, 0) is 37.9 Å². The molecule has 0 aromatic carbocycles. The molecule has 1 fully saturated rings. The summed E-state index contributed by atoms with van der Waals surface area (Å²) in [5.41, 5.74) is 2.19. The second-order valence-electron chi connectivity index (χ2n) is 4.90. The molecule has 17 heavy (non-hydrogen) atoms. The van der Waals surface area contributed by atoms with E-state index in [0.717, 1.165) is 24.4 Å². The number of hydrogen-bond acceptors (Lipinski definition) is 3. The predicted octanol–water partition coefficient (Wildman–Crippen LogP) is 1.72. The van der Waals surface area contributed by atoms with Crippen LogP contribution in [0.3, 0.4) is 0 Å². The second-order valence-corrected chi connectivity index (χ2v) is 4.90. The van der Waals surface area contributed by atoms with Crippen LogP contribution in [-0.4, -0.2) is 27.2 Å². The van der Waals surface area contributed by atoms with E-state index in [1.54, 1.807) is 0 Å². The molecule has 2 aromatic heterocycles. The molecular weight excluding hydrogens is 212 g/mol. The van der Waals surface area contributed by atoms with Gasteiger partial charge in [-0.1, -0.05) is 12.5 Å². The number of fused-ring (bicyclic) bond motifs is 1. The van der Waals surface area contributed by atoms with Crippen LogP contribution in [0.2, 0.25) is 0 Å². The highest BCUT2D eigenvalue weighted by molar-refractivity contribution is 5.39. The van der Waals surface area contributed by atoms with Crippen molar-refractivity contribution < 1.29 is 0 Å². The second kappa shape index (κ2) is 4.45. The van der Waals surface area contributed by atoms with E-state index in [0.29, 0.717) is 6.04 Å². The van der Waals surface area contributed by atoms with E-state index in [1.807, 2.05) is 6.07 Å². The van der Waals surface area contributed by atoms with Gasteiger partial charge in [-0.15, -0.1) is 10.2 Å². The van der Waals surface area contributed by atoms with Crippen LogP contribution < -0.4 is 5.32 Å². The van der Waals surface area contributed by atoms with Gasteiger partial charge in [0.05, 0.1) is 0 Å². The lowest BCUT2D eigenvalue weighted by atomic mass is 10.0. The summed E-state index contributed by atoms with van der Waals surface area (Å²) in [4.78, 5) is 0. The van der Waals surface area contributed by atoms with E-state index in [-0.39, 0.29) is 0 Å². The zero-order valence-corrected chi connectivity index (χ0v) is 10.2. The average Bonchev–Trinajstić information content (AvgIpc) is 2.73. The third kappa shape index (κ3) is 2.17. The Bertz CT molecular complexity index is 511. The van der Waals surface area contributed by atoms with Gasteiger partial charge < -0.3 is 5.32 Å². The SMILES string of the molecule is Cc1ccc2nnc(CC3CCCCN3)n2c1. The molecule has 4 nitrogen and oxygen atoms in total. The summed E-state index contributed by atoms with van der Waals surface area (Å²) in [7, 11) is 0. The van der Waals surface area contributed by atoms with Crippen molar-refractivity contribution in [2.75, 3.05) is 6.54 Å². The first-order chi connectivity index (χ1) is 8.33. The molecule has 0 saturated carbocycles. The van der Waals surface area contributed by atoms with Crippen molar-refractivity contribution in [3.8, 4) is 0 Å². The van der Waals surface area contributed by atoms with Gasteiger partial charge in [-0.3, -0.25) is 4.40 Å². The molecule has 1 N–H and O–H groups in total. The summed E-state index contributed by atoms with van der Waals surface area (Å²) in [6, 6.07) is 4.67. The largest absolute Gasteiger partial charge is 0.314 e. The van der Waals surface area contributed by atoms with Gasteiger partial charge in [0, 0.05) is 18.7 Å². The van der Waals surface area contributed by atoms with Gasteiger partial charge in [0.2, 0.25) is 0 Å². The minimum atomic E-state index is 0.566. The highest BCUT2D eigenvalue weighted by atomic mass is 15.2. The van der Waals surface area contributed by atoms with Gasteiger partial charge in [0.25, 0.3) is 0 Å². The maximum atomic E-state index is 4.30. The lowest BCUT2D eigenvalue weighted by Gasteiger charge is -2.22. The first-order valence-electron chi connectivity index (χ1n) is 6.36. The highest BCUT2D eigenvalue weighted by Crippen LogP contribution is 2.13. The van der Waals surface area contributed by atoms with Crippen LogP contribution in [-0.2, 0) is 6.42 Å². The Labute approximate surface area is 101 Å². The zero-order valence-electron chi connectivity index (χ0n) is 10.2. The monoisotopic (exact) mass is 230 g/mol. The predicted molar refractivity (Wildman–Crippen MR) is 67.1 cm³/mol. The molecule has 0 amide bonds. The number of rotatable bonds is 2. The van der Waals surface area contributed by atoms with Crippen LogP contribution in [0.4, 0.5) is 0 Å². The van der Waals surface area contributed by atoms with Crippen LogP contribution in [0.1, 0.15) is 30.7 Å². The molecule has 0 aliphatic carbocycles. The van der Waals surface area contributed by atoms with Crippen LogP contribution >= 0.6 is 0 Å². The van der Waals surface area contributed by atoms with Crippen LogP contribution in [0, 0.1) is 6.92 Å². The average molecular weight is 230 g/mol. The molecule has 1 aliphatic heterocycles. The Hall–Kier alpha value is -1.42. The van der Waals surface area contributed by atoms with Crippen molar-refractivity contribution in [2.24, 2.45) is 0 Å². The van der Waals surface area contributed by atoms with E-state index in [2.05, 4.69) is 39.1 Å².